The Bertz CT molecular complexity index is 4240. The van der Waals surface area contributed by atoms with Crippen molar-refractivity contribution < 1.29 is 176 Å². The molecule has 0 unspecified atom stereocenters. The summed E-state index contributed by atoms with van der Waals surface area (Å²) >= 11 is 0. The van der Waals surface area contributed by atoms with Gasteiger partial charge in [-0.3, -0.25) is 76.7 Å². The lowest BCUT2D eigenvalue weighted by Gasteiger charge is -2.48. The molecule has 55 nitrogen and oxygen atoms in total. The number of amides is 16. The molecule has 1 aromatic rings. The molecule has 0 aromatic carbocycles. The molecule has 0 bridgehead atoms. The highest BCUT2D eigenvalue weighted by Gasteiger charge is 2.58. The first-order valence-corrected chi connectivity index (χ1v) is 44.4. The summed E-state index contributed by atoms with van der Waals surface area (Å²) in [6.45, 7) is 6.41. The highest BCUT2D eigenvalue weighted by molar-refractivity contribution is 6.00. The lowest BCUT2D eigenvalue weighted by atomic mass is 9.88. The molecular formula is C81H131N19O36. The number of carboxylic acid groups (broad SMARTS) is 2. The van der Waals surface area contributed by atoms with Gasteiger partial charge in [0.15, 0.2) is 6.29 Å². The van der Waals surface area contributed by atoms with Crippen LogP contribution in [0, 0.1) is 5.92 Å². The molecule has 766 valence electrons. The summed E-state index contributed by atoms with van der Waals surface area (Å²) in [4.78, 5) is 255. The van der Waals surface area contributed by atoms with Crippen LogP contribution in [0.5, 0.6) is 0 Å². The standard InChI is InChI=1S/C81H131N19O36/c1-37(2)58(72(120)97-60(74(122)94-48(33-102)69(117)88-39(4)76(124)100-20-12-15-51(100)78(126)127)42(7)134-79-62(91-44(9)106)65(114)64(113)54(135-79)35-133-81(80(128)129)28-52(107)61(90-43(8)105)66(136-81)63(112)53(108)34-103)95-57(111)31-85-68(116)46(27-45-29-83-36-86-45)93-67(115)38(3)87-71(119)49-13-10-18-98(49)77(125)50-14-11-19-99(50)75(123)40(5)89-73(121)59(41(6)104)96-70(118)47(32-101)92-56(110)30-84-55(109)16-21-130-23-25-132-26-24-131-22-17-82/h29,36-42,46-54,58-66,79,101-104,107-108,112-114H,10-28,30-35,82H2,1-9H3,(H,83,86)(H,84,109)(H,85,116)(H,87,119)(H,88,117)(H,89,121)(H,90,105)(H,91,106)(H,92,110)(H,93,115)(H,94,122)(H,95,111)(H,96,118)(H,97,120)(H,126,127)(H,128,129)/t38-,39-,40-,41+,42+,46-,47-,48-,49-,50-,51-,52-,53+,54+,58-,59-,60-,61+,62+,63+,64-,65+,66+,79-,81+/m0/s1. The first-order valence-electron chi connectivity index (χ1n) is 44.4. The molecule has 5 aliphatic rings. The summed E-state index contributed by atoms with van der Waals surface area (Å²) in [5.74, 6) is -23.0. The molecule has 0 saturated carbocycles. The van der Waals surface area contributed by atoms with Gasteiger partial charge in [-0.1, -0.05) is 13.8 Å². The van der Waals surface area contributed by atoms with Gasteiger partial charge >= 0.3 is 11.9 Å². The van der Waals surface area contributed by atoms with E-state index >= 15 is 0 Å². The third-order valence-corrected chi connectivity index (χ3v) is 22.8. The molecule has 0 radical (unpaired) electrons. The number of imidazole rings is 1. The predicted molar refractivity (Wildman–Crippen MR) is 459 cm³/mol. The maximum absolute atomic E-state index is 14.9. The van der Waals surface area contributed by atoms with E-state index in [-0.39, 0.29) is 83.7 Å². The van der Waals surface area contributed by atoms with E-state index in [0.717, 1.165) is 32.6 Å². The van der Waals surface area contributed by atoms with Crippen molar-refractivity contribution in [2.45, 2.75) is 272 Å². The number of aliphatic carboxylic acids is 2. The molecule has 5 aliphatic heterocycles. The normalized spacial score (nSPS) is 24.4. The molecule has 136 heavy (non-hydrogen) atoms. The number of aromatic nitrogens is 2. The van der Waals surface area contributed by atoms with Crippen LogP contribution in [0.25, 0.3) is 0 Å². The maximum Gasteiger partial charge on any atom is 0.364 e. The van der Waals surface area contributed by atoms with Gasteiger partial charge in [-0.25, -0.2) is 14.6 Å². The van der Waals surface area contributed by atoms with Gasteiger partial charge in [-0.2, -0.15) is 0 Å². The van der Waals surface area contributed by atoms with Crippen LogP contribution in [-0.4, -0.2) is 444 Å². The summed E-state index contributed by atoms with van der Waals surface area (Å²) in [5.41, 5.74) is 5.62. The monoisotopic (exact) mass is 1950 g/mol. The Balaban J connectivity index is 1.11. The Kier molecular flexibility index (Phi) is 45.8. The molecule has 16 amide bonds. The number of carbonyl (C=O) groups excluding carboxylic acids is 16. The van der Waals surface area contributed by atoms with Gasteiger partial charge in [-0.05, 0) is 79.1 Å². The number of likely N-dealkylation sites (tertiary alicyclic amines) is 3. The highest BCUT2D eigenvalue weighted by Crippen LogP contribution is 2.36. The molecule has 0 spiro atoms. The number of carboxylic acids is 2. The minimum Gasteiger partial charge on any atom is -0.480 e. The number of rotatable bonds is 54. The smallest absolute Gasteiger partial charge is 0.364 e. The van der Waals surface area contributed by atoms with Crippen molar-refractivity contribution in [3.63, 3.8) is 0 Å². The number of H-pyrrole nitrogens is 1. The average molecular weight is 1950 g/mol. The first kappa shape index (κ1) is 114. The molecule has 25 atom stereocenters. The predicted octanol–water partition coefficient (Wildman–Crippen LogP) is -14.4. The Labute approximate surface area is 780 Å². The summed E-state index contributed by atoms with van der Waals surface area (Å²) in [7, 11) is 0. The topological polar surface area (TPSA) is 815 Å². The zero-order valence-electron chi connectivity index (χ0n) is 76.8. The number of nitrogens with two attached hydrogens (primary N) is 1. The molecule has 0 aliphatic carbocycles. The molecule has 27 N–H and O–H groups in total. The molecule has 55 heteroatoms. The number of nitrogens with zero attached hydrogens (tertiary/aromatic N) is 4. The number of carbonyl (C=O) groups is 18. The summed E-state index contributed by atoms with van der Waals surface area (Å²) < 4.78 is 39.4. The number of aliphatic hydroxyl groups excluding tert-OH is 9. The van der Waals surface area contributed by atoms with Crippen LogP contribution in [0.4, 0.5) is 0 Å². The largest absolute Gasteiger partial charge is 0.480 e. The van der Waals surface area contributed by atoms with Gasteiger partial charge < -0.3 is 184 Å². The summed E-state index contributed by atoms with van der Waals surface area (Å²) in [6, 6.07) is -22.5. The van der Waals surface area contributed by atoms with Crippen molar-refractivity contribution in [2.24, 2.45) is 11.7 Å². The highest BCUT2D eigenvalue weighted by atomic mass is 16.7. The maximum atomic E-state index is 14.9. The average Bonchev–Trinajstić information content (AvgIpc) is 0.875. The lowest BCUT2D eigenvalue weighted by molar-refractivity contribution is -0.332. The molecule has 6 rings (SSSR count). The van der Waals surface area contributed by atoms with Crippen LogP contribution in [-0.2, 0) is 126 Å². The van der Waals surface area contributed by atoms with Gasteiger partial charge in [0, 0.05) is 71.2 Å². The van der Waals surface area contributed by atoms with E-state index in [1.54, 1.807) is 0 Å². The van der Waals surface area contributed by atoms with Crippen LogP contribution in [0.2, 0.25) is 0 Å². The van der Waals surface area contributed by atoms with E-state index in [4.69, 9.17) is 38.9 Å². The fraction of sp³-hybridized carbons (Fsp3) is 0.741. The van der Waals surface area contributed by atoms with Crippen molar-refractivity contribution in [3.8, 4) is 0 Å². The Morgan fingerprint density at radius 2 is 1.07 bits per heavy atom. The number of hydrogen-bond acceptors (Lipinski definition) is 36. The third-order valence-electron chi connectivity index (χ3n) is 22.8. The molecule has 5 fully saturated rings. The molecule has 1 aromatic heterocycles. The Morgan fingerprint density at radius 1 is 0.551 bits per heavy atom. The number of aliphatic hydroxyl groups is 9. The second-order valence-electron chi connectivity index (χ2n) is 33.6. The third kappa shape index (κ3) is 32.9. The van der Waals surface area contributed by atoms with E-state index in [1.807, 2.05) is 0 Å². The Morgan fingerprint density at radius 3 is 1.64 bits per heavy atom. The SMILES string of the molecule is CC(=O)N[C@H]1[C@@H](O[C@H](C)[C@H](NC(=O)[C@@H](NC(=O)CNC(=O)[C@H](Cc2cnc[nH]2)NC(=O)[C@H](C)NC(=O)[C@@H]2CCCN2C(=O)[C@@H]2CCCN2C(=O)[C@H](C)NC(=O)[C@@H](NC(=O)[C@H](CO)NC(=O)CNC(=O)CCOCCOCCOCCN)[C@@H](C)O)C(C)C)C(=O)N[C@@H](CO)C(=O)N[C@@H](C)C(=O)N2CCC[C@H]2C(=O)O)O[C@H](CO[C@]2(C(=O)O)C[C@H](O)[C@@H](NC(C)=O)[C@H]([C@H](O)[C@H](O)CO)O2)[C@H](O)[C@@H]1O. The van der Waals surface area contributed by atoms with Gasteiger partial charge in [0.2, 0.25) is 94.5 Å². The molecular weight excluding hydrogens is 1810 g/mol. The Hall–Kier alpha value is -11.0. The van der Waals surface area contributed by atoms with Crippen molar-refractivity contribution >= 4 is 106 Å². The number of ether oxygens (including phenoxy) is 7. The van der Waals surface area contributed by atoms with Gasteiger partial charge in [0.05, 0.1) is 110 Å². The second-order valence-corrected chi connectivity index (χ2v) is 33.6. The van der Waals surface area contributed by atoms with E-state index in [2.05, 4.69) is 79.1 Å². The van der Waals surface area contributed by atoms with Crippen molar-refractivity contribution in [3.05, 3.63) is 18.2 Å². The number of hydrogen-bond donors (Lipinski definition) is 26. The minimum atomic E-state index is -3.08. The second kappa shape index (κ2) is 54.8. The fourth-order valence-electron chi connectivity index (χ4n) is 15.5. The summed E-state index contributed by atoms with van der Waals surface area (Å²) in [6.07, 6.45) is -18.2. The van der Waals surface area contributed by atoms with Crippen LogP contribution in [0.3, 0.4) is 0 Å². The van der Waals surface area contributed by atoms with Crippen LogP contribution in [0.15, 0.2) is 12.5 Å². The summed E-state index contributed by atoms with van der Waals surface area (Å²) in [5, 5.41) is 148. The molecule has 5 saturated heterocycles. The molecule has 6 heterocycles. The van der Waals surface area contributed by atoms with Gasteiger partial charge in [0.25, 0.3) is 5.79 Å². The van der Waals surface area contributed by atoms with Crippen molar-refractivity contribution in [2.75, 3.05) is 105 Å². The van der Waals surface area contributed by atoms with Crippen LogP contribution >= 0.6 is 0 Å². The lowest BCUT2D eigenvalue weighted by Crippen LogP contribution is -2.69. The quantitative estimate of drug-likeness (QED) is 0.0269. The van der Waals surface area contributed by atoms with Crippen LogP contribution < -0.4 is 74.9 Å². The zero-order valence-corrected chi connectivity index (χ0v) is 76.8. The zero-order chi connectivity index (χ0) is 101. The van der Waals surface area contributed by atoms with E-state index in [1.165, 1.54) is 56.9 Å². The van der Waals surface area contributed by atoms with E-state index in [0.29, 0.717) is 39.2 Å². The van der Waals surface area contributed by atoms with Crippen molar-refractivity contribution in [1.82, 2.24) is 93.8 Å². The van der Waals surface area contributed by atoms with E-state index in [9.17, 15) is 142 Å². The minimum absolute atomic E-state index is 0.000557. The van der Waals surface area contributed by atoms with E-state index < -0.39 is 310 Å². The fourth-order valence-corrected chi connectivity index (χ4v) is 15.5. The van der Waals surface area contributed by atoms with Crippen LogP contribution in [0.1, 0.15) is 119 Å². The first-order chi connectivity index (χ1) is 64.2. The number of aromatic amines is 1. The number of nitrogens with one attached hydrogen (secondary N) is 14. The van der Waals surface area contributed by atoms with Gasteiger partial charge in [0.1, 0.15) is 115 Å². The van der Waals surface area contributed by atoms with Crippen molar-refractivity contribution in [1.29, 1.82) is 0 Å². The van der Waals surface area contributed by atoms with Gasteiger partial charge in [-0.15, -0.1) is 0 Å².